The minimum absolute atomic E-state index is 0.0664. The van der Waals surface area contributed by atoms with Crippen LogP contribution in [0.3, 0.4) is 0 Å². The third-order valence-corrected chi connectivity index (χ3v) is 4.57. The number of aromatic nitrogens is 2. The molecule has 0 bridgehead atoms. The molecule has 1 aliphatic rings. The van der Waals surface area contributed by atoms with Crippen LogP contribution < -0.4 is 16.0 Å². The van der Waals surface area contributed by atoms with E-state index in [2.05, 4.69) is 30.8 Å². The summed E-state index contributed by atoms with van der Waals surface area (Å²) in [7, 11) is 0. The summed E-state index contributed by atoms with van der Waals surface area (Å²) in [4.78, 5) is 33.4. The lowest BCUT2D eigenvalue weighted by atomic mass is 10.2. The molecule has 0 unspecified atom stereocenters. The van der Waals surface area contributed by atoms with Gasteiger partial charge in [-0.25, -0.2) is 9.78 Å². The first-order valence-electron chi connectivity index (χ1n) is 10.6. The quantitative estimate of drug-likeness (QED) is 0.397. The fraction of sp³-hybridized carbons (Fsp3) is 0.476. The van der Waals surface area contributed by atoms with Gasteiger partial charge in [-0.3, -0.25) is 20.3 Å². The first kappa shape index (κ1) is 24.1. The van der Waals surface area contributed by atoms with Crippen LogP contribution in [0.15, 0.2) is 30.5 Å². The van der Waals surface area contributed by atoms with Gasteiger partial charge in [-0.2, -0.15) is 4.98 Å². The highest BCUT2D eigenvalue weighted by atomic mass is 16.6. The zero-order chi connectivity index (χ0) is 23.8. The summed E-state index contributed by atoms with van der Waals surface area (Å²) in [5.74, 6) is 0.358. The monoisotopic (exact) mass is 459 g/mol. The molecule has 2 aromatic rings. The van der Waals surface area contributed by atoms with Crippen LogP contribution in [0.2, 0.25) is 0 Å². The van der Waals surface area contributed by atoms with E-state index in [0.29, 0.717) is 37.1 Å². The van der Waals surface area contributed by atoms with Crippen molar-refractivity contribution in [2.75, 3.05) is 55.3 Å². The first-order chi connectivity index (χ1) is 15.7. The number of morpholine rings is 1. The number of nitro groups is 1. The number of hydrogen-bond donors (Lipinski definition) is 3. The van der Waals surface area contributed by atoms with Crippen molar-refractivity contribution in [3.05, 3.63) is 40.6 Å². The van der Waals surface area contributed by atoms with E-state index in [9.17, 15) is 14.9 Å². The van der Waals surface area contributed by atoms with Gasteiger partial charge >= 0.3 is 11.8 Å². The molecule has 12 heteroatoms. The van der Waals surface area contributed by atoms with E-state index in [-0.39, 0.29) is 11.5 Å². The number of amides is 1. The molecule has 3 rings (SSSR count). The van der Waals surface area contributed by atoms with Gasteiger partial charge in [0.25, 0.3) is 0 Å². The summed E-state index contributed by atoms with van der Waals surface area (Å²) in [5.41, 5.74) is 0.235. The van der Waals surface area contributed by atoms with Gasteiger partial charge in [-0.15, -0.1) is 0 Å². The summed E-state index contributed by atoms with van der Waals surface area (Å²) in [6.45, 7) is 9.89. The van der Waals surface area contributed by atoms with Crippen molar-refractivity contribution in [2.45, 2.75) is 26.4 Å². The van der Waals surface area contributed by atoms with E-state index < -0.39 is 16.6 Å². The molecule has 0 atom stereocenters. The molecule has 0 spiro atoms. The zero-order valence-electron chi connectivity index (χ0n) is 19.0. The average molecular weight is 460 g/mol. The molecule has 1 amide bonds. The summed E-state index contributed by atoms with van der Waals surface area (Å²) >= 11 is 0. The molecule has 33 heavy (non-hydrogen) atoms. The third kappa shape index (κ3) is 7.84. The van der Waals surface area contributed by atoms with Crippen LogP contribution in [0.5, 0.6) is 0 Å². The standard InChI is InChI=1S/C21H29N7O5/c1-21(2,3)33-20(29)25-16-6-4-15(5-7-16)24-18-17(28(30)31)14-23-19(26-18)22-8-9-27-10-12-32-13-11-27/h4-7,14H,8-13H2,1-3H3,(H,25,29)(H2,22,23,24,26). The van der Waals surface area contributed by atoms with Crippen molar-refractivity contribution < 1.29 is 19.2 Å². The smallest absolute Gasteiger partial charge is 0.412 e. The molecule has 1 saturated heterocycles. The molecule has 3 N–H and O–H groups in total. The Balaban J connectivity index is 1.62. The van der Waals surface area contributed by atoms with Gasteiger partial charge in [-0.05, 0) is 45.0 Å². The van der Waals surface area contributed by atoms with E-state index >= 15 is 0 Å². The van der Waals surface area contributed by atoms with Crippen molar-refractivity contribution >= 4 is 34.9 Å². The Labute approximate surface area is 191 Å². The van der Waals surface area contributed by atoms with Gasteiger partial charge in [0.2, 0.25) is 11.8 Å². The SMILES string of the molecule is CC(C)(C)OC(=O)Nc1ccc(Nc2nc(NCCN3CCOCC3)ncc2[N+](=O)[O-])cc1. The van der Waals surface area contributed by atoms with E-state index in [4.69, 9.17) is 9.47 Å². The predicted molar refractivity (Wildman–Crippen MR) is 124 cm³/mol. The number of carbonyl (C=O) groups is 1. The van der Waals surface area contributed by atoms with Crippen molar-refractivity contribution in [2.24, 2.45) is 0 Å². The normalized spacial score (nSPS) is 14.4. The predicted octanol–water partition coefficient (Wildman–Crippen LogP) is 3.22. The number of nitrogens with zero attached hydrogens (tertiary/aromatic N) is 4. The van der Waals surface area contributed by atoms with Crippen LogP contribution in [0.4, 0.5) is 33.6 Å². The Bertz CT molecular complexity index is 956. The van der Waals surface area contributed by atoms with E-state index in [1.54, 1.807) is 45.0 Å². The second kappa shape index (κ2) is 10.9. The van der Waals surface area contributed by atoms with E-state index in [1.807, 2.05) is 0 Å². The van der Waals surface area contributed by atoms with Crippen LogP contribution in [-0.4, -0.2) is 70.9 Å². The molecule has 1 aromatic heterocycles. The van der Waals surface area contributed by atoms with Crippen LogP contribution >= 0.6 is 0 Å². The molecule has 1 fully saturated rings. The molecule has 12 nitrogen and oxygen atoms in total. The number of anilines is 4. The number of rotatable bonds is 8. The van der Waals surface area contributed by atoms with Gasteiger partial charge in [0.15, 0.2) is 0 Å². The maximum absolute atomic E-state index is 11.9. The molecule has 1 aliphatic heterocycles. The highest BCUT2D eigenvalue weighted by Gasteiger charge is 2.19. The van der Waals surface area contributed by atoms with Crippen LogP contribution in [0, 0.1) is 10.1 Å². The minimum Gasteiger partial charge on any atom is -0.444 e. The maximum atomic E-state index is 11.9. The largest absolute Gasteiger partial charge is 0.444 e. The number of benzene rings is 1. The molecule has 0 aliphatic carbocycles. The Morgan fingerprint density at radius 1 is 1.21 bits per heavy atom. The van der Waals surface area contributed by atoms with Gasteiger partial charge < -0.3 is 20.1 Å². The van der Waals surface area contributed by atoms with Crippen molar-refractivity contribution in [1.82, 2.24) is 14.9 Å². The molecule has 0 saturated carbocycles. The Morgan fingerprint density at radius 2 is 1.88 bits per heavy atom. The first-order valence-corrected chi connectivity index (χ1v) is 10.6. The highest BCUT2D eigenvalue weighted by molar-refractivity contribution is 5.85. The molecule has 178 valence electrons. The second-order valence-corrected chi connectivity index (χ2v) is 8.39. The zero-order valence-corrected chi connectivity index (χ0v) is 19.0. The Morgan fingerprint density at radius 3 is 2.52 bits per heavy atom. The number of hydrogen-bond acceptors (Lipinski definition) is 10. The fourth-order valence-corrected chi connectivity index (χ4v) is 3.03. The van der Waals surface area contributed by atoms with E-state index in [0.717, 1.165) is 19.6 Å². The van der Waals surface area contributed by atoms with Gasteiger partial charge in [0.1, 0.15) is 11.8 Å². The van der Waals surface area contributed by atoms with Crippen molar-refractivity contribution in [1.29, 1.82) is 0 Å². The van der Waals surface area contributed by atoms with Gasteiger partial charge in [0, 0.05) is 37.6 Å². The summed E-state index contributed by atoms with van der Waals surface area (Å²) in [5, 5.41) is 20.1. The summed E-state index contributed by atoms with van der Waals surface area (Å²) in [6.07, 6.45) is 0.604. The van der Waals surface area contributed by atoms with Crippen LogP contribution in [0.25, 0.3) is 0 Å². The maximum Gasteiger partial charge on any atom is 0.412 e. The minimum atomic E-state index is -0.606. The molecular formula is C21H29N7O5. The highest BCUT2D eigenvalue weighted by Crippen LogP contribution is 2.26. The lowest BCUT2D eigenvalue weighted by Gasteiger charge is -2.26. The van der Waals surface area contributed by atoms with Crippen LogP contribution in [0.1, 0.15) is 20.8 Å². The molecule has 2 heterocycles. The molecule has 1 aromatic carbocycles. The van der Waals surface area contributed by atoms with Crippen LogP contribution in [-0.2, 0) is 9.47 Å². The summed E-state index contributed by atoms with van der Waals surface area (Å²) < 4.78 is 10.6. The number of ether oxygens (including phenoxy) is 2. The van der Waals surface area contributed by atoms with E-state index in [1.165, 1.54) is 6.20 Å². The Hall–Kier alpha value is -3.51. The topological polar surface area (TPSA) is 144 Å². The van der Waals surface area contributed by atoms with Crippen molar-refractivity contribution in [3.63, 3.8) is 0 Å². The number of carbonyl (C=O) groups excluding carboxylic acids is 1. The van der Waals surface area contributed by atoms with Crippen molar-refractivity contribution in [3.8, 4) is 0 Å². The van der Waals surface area contributed by atoms with Gasteiger partial charge in [0.05, 0.1) is 18.1 Å². The third-order valence-electron chi connectivity index (χ3n) is 4.57. The summed E-state index contributed by atoms with van der Waals surface area (Å²) in [6, 6.07) is 6.65. The average Bonchev–Trinajstić information content (AvgIpc) is 2.74. The Kier molecular flexibility index (Phi) is 7.96. The lowest BCUT2D eigenvalue weighted by Crippen LogP contribution is -2.39. The molecule has 0 radical (unpaired) electrons. The fourth-order valence-electron chi connectivity index (χ4n) is 3.03. The second-order valence-electron chi connectivity index (χ2n) is 8.39. The lowest BCUT2D eigenvalue weighted by molar-refractivity contribution is -0.384. The number of nitrogens with one attached hydrogen (secondary N) is 3. The molecular weight excluding hydrogens is 430 g/mol. The van der Waals surface area contributed by atoms with Gasteiger partial charge in [-0.1, -0.05) is 0 Å².